The van der Waals surface area contributed by atoms with Crippen LogP contribution in [0.25, 0.3) is 0 Å². The molecule has 16 heavy (non-hydrogen) atoms. The topological polar surface area (TPSA) is 55.3 Å². The molecule has 86 valence electrons. The Morgan fingerprint density at radius 2 is 2.44 bits per heavy atom. The van der Waals surface area contributed by atoms with E-state index in [-0.39, 0.29) is 0 Å². The molecule has 0 aliphatic carbocycles. The first kappa shape index (κ1) is 11.2. The van der Waals surface area contributed by atoms with Crippen LogP contribution in [0.15, 0.2) is 29.0 Å². The van der Waals surface area contributed by atoms with Gasteiger partial charge in [-0.25, -0.2) is 4.98 Å². The molecule has 0 spiro atoms. The second-order valence-corrected chi connectivity index (χ2v) is 4.50. The molecule has 0 fully saturated rings. The van der Waals surface area contributed by atoms with Crippen molar-refractivity contribution in [2.75, 3.05) is 11.4 Å². The van der Waals surface area contributed by atoms with Crippen LogP contribution in [0.3, 0.4) is 0 Å². The summed E-state index contributed by atoms with van der Waals surface area (Å²) in [5.74, 6) is 0.950. The fourth-order valence-corrected chi connectivity index (χ4v) is 2.29. The van der Waals surface area contributed by atoms with Gasteiger partial charge in [-0.05, 0) is 19.1 Å². The lowest BCUT2D eigenvalue weighted by Gasteiger charge is -2.17. The van der Waals surface area contributed by atoms with Crippen LogP contribution in [0, 0.1) is 0 Å². The molecule has 0 bridgehead atoms. The Kier molecular flexibility index (Phi) is 3.58. The third-order valence-corrected chi connectivity index (χ3v) is 3.40. The molecule has 4 nitrogen and oxygen atoms in total. The second-order valence-electron chi connectivity index (χ2n) is 3.41. The summed E-state index contributed by atoms with van der Waals surface area (Å²) in [6, 6.07) is 3.87. The van der Waals surface area contributed by atoms with Crippen LogP contribution in [0.4, 0.5) is 5.13 Å². The number of hydrogen-bond donors (Lipinski definition) is 1. The van der Waals surface area contributed by atoms with Gasteiger partial charge >= 0.3 is 0 Å². The molecule has 2 heterocycles. The maximum Gasteiger partial charge on any atom is 0.185 e. The van der Waals surface area contributed by atoms with Crippen molar-refractivity contribution in [1.82, 2.24) is 4.98 Å². The smallest absolute Gasteiger partial charge is 0.185 e. The van der Waals surface area contributed by atoms with E-state index in [1.165, 1.54) is 0 Å². The van der Waals surface area contributed by atoms with Gasteiger partial charge in [0.05, 0.1) is 12.8 Å². The maximum absolute atomic E-state index is 5.57. The zero-order valence-electron chi connectivity index (χ0n) is 9.22. The van der Waals surface area contributed by atoms with Gasteiger partial charge in [-0.3, -0.25) is 0 Å². The zero-order chi connectivity index (χ0) is 11.4. The average molecular weight is 237 g/mol. The van der Waals surface area contributed by atoms with Crippen molar-refractivity contribution in [3.8, 4) is 0 Å². The first-order valence-electron chi connectivity index (χ1n) is 5.25. The molecule has 2 aromatic heterocycles. The monoisotopic (exact) mass is 237 g/mol. The van der Waals surface area contributed by atoms with Crippen molar-refractivity contribution in [3.63, 3.8) is 0 Å². The van der Waals surface area contributed by atoms with Gasteiger partial charge in [0.25, 0.3) is 0 Å². The number of aromatic nitrogens is 1. The number of furan rings is 1. The van der Waals surface area contributed by atoms with Crippen molar-refractivity contribution in [3.05, 3.63) is 35.2 Å². The molecule has 0 atom stereocenters. The van der Waals surface area contributed by atoms with Gasteiger partial charge in [-0.15, -0.1) is 11.3 Å². The fourth-order valence-electron chi connectivity index (χ4n) is 1.44. The van der Waals surface area contributed by atoms with Gasteiger partial charge in [-0.2, -0.15) is 0 Å². The van der Waals surface area contributed by atoms with E-state index in [1.54, 1.807) is 17.6 Å². The Hall–Kier alpha value is -1.33. The van der Waals surface area contributed by atoms with E-state index >= 15 is 0 Å². The van der Waals surface area contributed by atoms with Crippen LogP contribution >= 0.6 is 11.3 Å². The summed E-state index contributed by atoms with van der Waals surface area (Å²) in [4.78, 5) is 7.64. The SMILES string of the molecule is CCN(Cc1ccco1)c1ncc(CN)s1. The molecule has 2 rings (SSSR count). The van der Waals surface area contributed by atoms with Crippen molar-refractivity contribution >= 4 is 16.5 Å². The van der Waals surface area contributed by atoms with Crippen molar-refractivity contribution in [1.29, 1.82) is 0 Å². The number of nitrogens with two attached hydrogens (primary N) is 1. The van der Waals surface area contributed by atoms with E-state index < -0.39 is 0 Å². The molecular weight excluding hydrogens is 222 g/mol. The van der Waals surface area contributed by atoms with E-state index in [0.29, 0.717) is 6.54 Å². The maximum atomic E-state index is 5.57. The van der Waals surface area contributed by atoms with E-state index in [1.807, 2.05) is 18.3 Å². The lowest BCUT2D eigenvalue weighted by atomic mass is 10.4. The van der Waals surface area contributed by atoms with Gasteiger partial charge in [0.2, 0.25) is 0 Å². The largest absolute Gasteiger partial charge is 0.467 e. The lowest BCUT2D eigenvalue weighted by Crippen LogP contribution is -2.21. The summed E-state index contributed by atoms with van der Waals surface area (Å²) in [5, 5.41) is 0.999. The molecule has 0 unspecified atom stereocenters. The van der Waals surface area contributed by atoms with Crippen molar-refractivity contribution in [2.24, 2.45) is 5.73 Å². The summed E-state index contributed by atoms with van der Waals surface area (Å²) in [5.41, 5.74) is 5.57. The number of thiazole rings is 1. The van der Waals surface area contributed by atoms with Crippen LogP contribution in [0.2, 0.25) is 0 Å². The number of rotatable bonds is 5. The predicted octanol–water partition coefficient (Wildman–Crippen LogP) is 2.22. The van der Waals surface area contributed by atoms with E-state index in [4.69, 9.17) is 10.2 Å². The standard InChI is InChI=1S/C11H15N3OS/c1-2-14(8-9-4-3-5-15-9)11-13-7-10(6-12)16-11/h3-5,7H,2,6,8,12H2,1H3. The minimum absolute atomic E-state index is 0.552. The number of hydrogen-bond acceptors (Lipinski definition) is 5. The van der Waals surface area contributed by atoms with E-state index in [9.17, 15) is 0 Å². The minimum atomic E-state index is 0.552. The molecule has 2 aromatic rings. The van der Waals surface area contributed by atoms with Gasteiger partial charge < -0.3 is 15.1 Å². The lowest BCUT2D eigenvalue weighted by molar-refractivity contribution is 0.503. The zero-order valence-corrected chi connectivity index (χ0v) is 10.0. The van der Waals surface area contributed by atoms with Gasteiger partial charge in [0.1, 0.15) is 5.76 Å². The van der Waals surface area contributed by atoms with Crippen LogP contribution in [0.1, 0.15) is 17.6 Å². The molecule has 0 saturated heterocycles. The first-order chi connectivity index (χ1) is 7.83. The molecule has 0 aliphatic heterocycles. The van der Waals surface area contributed by atoms with Gasteiger partial charge in [0, 0.05) is 24.2 Å². The highest BCUT2D eigenvalue weighted by Gasteiger charge is 2.10. The average Bonchev–Trinajstić information content (AvgIpc) is 2.96. The Bertz CT molecular complexity index is 424. The normalized spacial score (nSPS) is 10.6. The Labute approximate surface area is 98.7 Å². The van der Waals surface area contributed by atoms with Crippen LogP contribution in [-0.2, 0) is 13.1 Å². The van der Waals surface area contributed by atoms with Crippen molar-refractivity contribution in [2.45, 2.75) is 20.0 Å². The van der Waals surface area contributed by atoms with Crippen LogP contribution < -0.4 is 10.6 Å². The molecule has 2 N–H and O–H groups in total. The third kappa shape index (κ3) is 2.43. The quantitative estimate of drug-likeness (QED) is 0.866. The van der Waals surface area contributed by atoms with E-state index in [0.717, 1.165) is 28.9 Å². The number of anilines is 1. The molecule has 0 aromatic carbocycles. The summed E-state index contributed by atoms with van der Waals surface area (Å²) in [7, 11) is 0. The Balaban J connectivity index is 2.10. The van der Waals surface area contributed by atoms with Crippen LogP contribution in [-0.4, -0.2) is 11.5 Å². The molecule has 0 saturated carbocycles. The van der Waals surface area contributed by atoms with Gasteiger partial charge in [0.15, 0.2) is 5.13 Å². The summed E-state index contributed by atoms with van der Waals surface area (Å²) in [6.07, 6.45) is 3.53. The van der Waals surface area contributed by atoms with Crippen LogP contribution in [0.5, 0.6) is 0 Å². The van der Waals surface area contributed by atoms with Crippen molar-refractivity contribution < 1.29 is 4.42 Å². The van der Waals surface area contributed by atoms with E-state index in [2.05, 4.69) is 16.8 Å². The first-order valence-corrected chi connectivity index (χ1v) is 6.07. The predicted molar refractivity (Wildman–Crippen MR) is 65.4 cm³/mol. The summed E-state index contributed by atoms with van der Waals surface area (Å²) >= 11 is 1.64. The van der Waals surface area contributed by atoms with Gasteiger partial charge in [-0.1, -0.05) is 0 Å². The molecular formula is C11H15N3OS. The Morgan fingerprint density at radius 1 is 1.56 bits per heavy atom. The number of nitrogens with zero attached hydrogens (tertiary/aromatic N) is 2. The Morgan fingerprint density at radius 3 is 3.00 bits per heavy atom. The third-order valence-electron chi connectivity index (χ3n) is 2.32. The second kappa shape index (κ2) is 5.14. The molecule has 0 amide bonds. The highest BCUT2D eigenvalue weighted by atomic mass is 32.1. The molecule has 0 aliphatic rings. The minimum Gasteiger partial charge on any atom is -0.467 e. The molecule has 0 radical (unpaired) electrons. The summed E-state index contributed by atoms with van der Waals surface area (Å²) in [6.45, 7) is 4.31. The fraction of sp³-hybridized carbons (Fsp3) is 0.364. The molecule has 5 heteroatoms. The summed E-state index contributed by atoms with van der Waals surface area (Å²) < 4.78 is 5.33. The highest BCUT2D eigenvalue weighted by molar-refractivity contribution is 7.15. The highest BCUT2D eigenvalue weighted by Crippen LogP contribution is 2.23.